The van der Waals surface area contributed by atoms with Gasteiger partial charge in [-0.3, -0.25) is 9.36 Å². The zero-order chi connectivity index (χ0) is 21.8. The van der Waals surface area contributed by atoms with Crippen molar-refractivity contribution in [1.82, 2.24) is 24.5 Å². The van der Waals surface area contributed by atoms with Gasteiger partial charge in [0.15, 0.2) is 5.16 Å². The highest BCUT2D eigenvalue weighted by Gasteiger charge is 2.21. The second kappa shape index (κ2) is 9.70. The Balaban J connectivity index is 1.30. The number of carbonyl (C=O) groups is 1. The Morgan fingerprint density at radius 1 is 1.09 bits per heavy atom. The lowest BCUT2D eigenvalue weighted by Gasteiger charge is -2.14. The lowest BCUT2D eigenvalue weighted by molar-refractivity contribution is -0.113. The molecule has 0 atom stereocenters. The van der Waals surface area contributed by atoms with Gasteiger partial charge >= 0.3 is 0 Å². The van der Waals surface area contributed by atoms with Gasteiger partial charge in [-0.1, -0.05) is 48.9 Å². The van der Waals surface area contributed by atoms with Crippen molar-refractivity contribution in [2.45, 2.75) is 43.3 Å². The number of anilines is 1. The number of nitrogens with zero attached hydrogens (tertiary/aromatic N) is 5. The number of thioether (sulfide) groups is 1. The van der Waals surface area contributed by atoms with E-state index < -0.39 is 0 Å². The summed E-state index contributed by atoms with van der Waals surface area (Å²) >= 11 is 3.10. The van der Waals surface area contributed by atoms with Gasteiger partial charge in [0.25, 0.3) is 0 Å². The minimum Gasteiger partial charge on any atom is -0.310 e. The molecular weight excluding hydrogens is 440 g/mol. The van der Waals surface area contributed by atoms with Crippen LogP contribution in [0.2, 0.25) is 0 Å². The van der Waals surface area contributed by atoms with Crippen molar-refractivity contribution in [3.05, 3.63) is 70.8 Å². The summed E-state index contributed by atoms with van der Waals surface area (Å²) in [5.74, 6) is 1.81. The van der Waals surface area contributed by atoms with E-state index >= 15 is 0 Å². The molecule has 0 aliphatic heterocycles. The monoisotopic (exact) mass is 464 g/mol. The van der Waals surface area contributed by atoms with Crippen LogP contribution >= 0.6 is 23.1 Å². The molecule has 5 rings (SSSR count). The summed E-state index contributed by atoms with van der Waals surface area (Å²) in [5, 5.41) is 19.1. The minimum absolute atomic E-state index is 0.0721. The van der Waals surface area contributed by atoms with E-state index in [2.05, 4.69) is 32.1 Å². The van der Waals surface area contributed by atoms with Crippen LogP contribution in [0.4, 0.5) is 5.82 Å². The highest BCUT2D eigenvalue weighted by atomic mass is 32.2. The van der Waals surface area contributed by atoms with E-state index in [1.165, 1.54) is 29.5 Å². The van der Waals surface area contributed by atoms with Crippen LogP contribution in [0.5, 0.6) is 0 Å². The standard InChI is InChI=1S/C23H24N6OS2/c30-22(25-20-12-13-24-29(20)18-9-4-5-10-18)16-32-23-27-26-21(15-19-11-6-14-31-19)28(23)17-7-2-1-3-8-17/h1-3,6-8,11-14,18H,4-5,9-10,15-16H2,(H,25,30). The zero-order valence-electron chi connectivity index (χ0n) is 17.6. The van der Waals surface area contributed by atoms with Crippen molar-refractivity contribution in [3.63, 3.8) is 0 Å². The second-order valence-electron chi connectivity index (χ2n) is 7.76. The normalized spacial score (nSPS) is 14.1. The number of nitrogens with one attached hydrogen (secondary N) is 1. The van der Waals surface area contributed by atoms with E-state index in [-0.39, 0.29) is 11.7 Å². The minimum atomic E-state index is -0.0721. The molecule has 1 amide bonds. The lowest BCUT2D eigenvalue weighted by atomic mass is 10.2. The van der Waals surface area contributed by atoms with Crippen molar-refractivity contribution in [2.75, 3.05) is 11.1 Å². The van der Waals surface area contributed by atoms with Gasteiger partial charge in [0.1, 0.15) is 11.6 Å². The first kappa shape index (κ1) is 21.0. The van der Waals surface area contributed by atoms with Crippen LogP contribution in [0.15, 0.2) is 65.3 Å². The summed E-state index contributed by atoms with van der Waals surface area (Å²) in [6.45, 7) is 0. The molecule has 1 fully saturated rings. The topological polar surface area (TPSA) is 77.6 Å². The zero-order valence-corrected chi connectivity index (χ0v) is 19.2. The maximum Gasteiger partial charge on any atom is 0.235 e. The quantitative estimate of drug-likeness (QED) is 0.373. The number of para-hydroxylation sites is 1. The molecule has 32 heavy (non-hydrogen) atoms. The number of rotatable bonds is 8. The van der Waals surface area contributed by atoms with E-state index in [0.717, 1.165) is 30.2 Å². The van der Waals surface area contributed by atoms with Crippen molar-refractivity contribution in [3.8, 4) is 5.69 Å². The van der Waals surface area contributed by atoms with Gasteiger partial charge in [0.2, 0.25) is 5.91 Å². The third kappa shape index (κ3) is 4.63. The van der Waals surface area contributed by atoms with Crippen LogP contribution in [-0.4, -0.2) is 36.2 Å². The molecular formula is C23H24N6OS2. The SMILES string of the molecule is O=C(CSc1nnc(Cc2cccs2)n1-c1ccccc1)Nc1ccnn1C1CCCC1. The first-order valence-electron chi connectivity index (χ1n) is 10.8. The molecule has 0 unspecified atom stereocenters. The average Bonchev–Trinajstić information content (AvgIpc) is 3.60. The Bertz CT molecular complexity index is 1160. The molecule has 3 aromatic heterocycles. The van der Waals surface area contributed by atoms with Crippen LogP contribution < -0.4 is 5.32 Å². The first-order chi connectivity index (χ1) is 15.8. The Morgan fingerprint density at radius 3 is 2.72 bits per heavy atom. The van der Waals surface area contributed by atoms with Crippen molar-refractivity contribution in [2.24, 2.45) is 0 Å². The van der Waals surface area contributed by atoms with E-state index in [1.807, 2.05) is 51.7 Å². The Labute approximate surface area is 194 Å². The van der Waals surface area contributed by atoms with Crippen molar-refractivity contribution < 1.29 is 4.79 Å². The molecule has 1 N–H and O–H groups in total. The molecule has 0 spiro atoms. The third-order valence-electron chi connectivity index (χ3n) is 5.57. The smallest absolute Gasteiger partial charge is 0.235 e. The molecule has 4 aromatic rings. The molecule has 164 valence electrons. The molecule has 7 nitrogen and oxygen atoms in total. The van der Waals surface area contributed by atoms with Gasteiger partial charge < -0.3 is 5.32 Å². The fourth-order valence-electron chi connectivity index (χ4n) is 4.08. The maximum atomic E-state index is 12.7. The average molecular weight is 465 g/mol. The summed E-state index contributed by atoms with van der Waals surface area (Å²) in [5.41, 5.74) is 0.992. The summed E-state index contributed by atoms with van der Waals surface area (Å²) in [7, 11) is 0. The number of aromatic nitrogens is 5. The highest BCUT2D eigenvalue weighted by molar-refractivity contribution is 7.99. The summed E-state index contributed by atoms with van der Waals surface area (Å²) in [6, 6.07) is 16.4. The van der Waals surface area contributed by atoms with Gasteiger partial charge in [0, 0.05) is 23.1 Å². The molecule has 0 radical (unpaired) electrons. The predicted molar refractivity (Wildman–Crippen MR) is 128 cm³/mol. The third-order valence-corrected chi connectivity index (χ3v) is 7.37. The second-order valence-corrected chi connectivity index (χ2v) is 9.74. The number of hydrogen-bond acceptors (Lipinski definition) is 6. The van der Waals surface area contributed by atoms with Gasteiger partial charge in [-0.15, -0.1) is 21.5 Å². The molecule has 1 aromatic carbocycles. The number of amides is 1. The van der Waals surface area contributed by atoms with Crippen LogP contribution in [0.1, 0.15) is 42.4 Å². The summed E-state index contributed by atoms with van der Waals surface area (Å²) < 4.78 is 4.00. The fourth-order valence-corrected chi connectivity index (χ4v) is 5.55. The molecule has 1 saturated carbocycles. The number of benzene rings is 1. The molecule has 3 heterocycles. The van der Waals surface area contributed by atoms with Crippen LogP contribution in [-0.2, 0) is 11.2 Å². The summed E-state index contributed by atoms with van der Waals surface area (Å²) in [4.78, 5) is 14.0. The Morgan fingerprint density at radius 2 is 1.94 bits per heavy atom. The van der Waals surface area contributed by atoms with Crippen molar-refractivity contribution >= 4 is 34.8 Å². The molecule has 0 bridgehead atoms. The number of hydrogen-bond donors (Lipinski definition) is 1. The molecule has 9 heteroatoms. The number of thiophene rings is 1. The van der Waals surface area contributed by atoms with Crippen LogP contribution in [0.25, 0.3) is 5.69 Å². The van der Waals surface area contributed by atoms with Crippen LogP contribution in [0.3, 0.4) is 0 Å². The van der Waals surface area contributed by atoms with Gasteiger partial charge in [-0.2, -0.15) is 5.10 Å². The van der Waals surface area contributed by atoms with E-state index in [1.54, 1.807) is 17.5 Å². The van der Waals surface area contributed by atoms with E-state index in [9.17, 15) is 4.79 Å². The Kier molecular flexibility index (Phi) is 6.36. The largest absolute Gasteiger partial charge is 0.310 e. The van der Waals surface area contributed by atoms with Gasteiger partial charge in [0.05, 0.1) is 18.0 Å². The predicted octanol–water partition coefficient (Wildman–Crippen LogP) is 4.96. The fraction of sp³-hybridized carbons (Fsp3) is 0.304. The van der Waals surface area contributed by atoms with Crippen LogP contribution in [0, 0.1) is 0 Å². The first-order valence-corrected chi connectivity index (χ1v) is 12.6. The Hall–Kier alpha value is -2.91. The lowest BCUT2D eigenvalue weighted by Crippen LogP contribution is -2.19. The molecule has 0 saturated heterocycles. The van der Waals surface area contributed by atoms with E-state index in [0.29, 0.717) is 17.6 Å². The number of carbonyl (C=O) groups excluding carboxylic acids is 1. The van der Waals surface area contributed by atoms with Gasteiger partial charge in [-0.05, 0) is 36.4 Å². The van der Waals surface area contributed by atoms with E-state index in [4.69, 9.17) is 0 Å². The highest BCUT2D eigenvalue weighted by Crippen LogP contribution is 2.31. The summed E-state index contributed by atoms with van der Waals surface area (Å²) in [6.07, 6.45) is 7.13. The molecule has 1 aliphatic carbocycles. The van der Waals surface area contributed by atoms with Crippen molar-refractivity contribution in [1.29, 1.82) is 0 Å². The maximum absolute atomic E-state index is 12.7. The van der Waals surface area contributed by atoms with Gasteiger partial charge in [-0.25, -0.2) is 4.68 Å². The molecule has 1 aliphatic rings.